The van der Waals surface area contributed by atoms with Gasteiger partial charge in [0.05, 0.1) is 0 Å². The molecule has 0 radical (unpaired) electrons. The molecule has 1 atom stereocenters. The van der Waals surface area contributed by atoms with E-state index < -0.39 is 12.0 Å². The Labute approximate surface area is 123 Å². The summed E-state index contributed by atoms with van der Waals surface area (Å²) in [5.41, 5.74) is 0. The van der Waals surface area contributed by atoms with Crippen molar-refractivity contribution in [2.75, 3.05) is 7.05 Å². The van der Waals surface area contributed by atoms with Gasteiger partial charge in [-0.25, -0.2) is 4.79 Å². The smallest absolute Gasteiger partial charge is 0.326 e. The average molecular weight is 285 g/mol. The second kappa shape index (κ2) is 11.7. The molecule has 0 aromatic heterocycles. The number of unbranched alkanes of at least 4 members (excludes halogenated alkanes) is 8. The molecule has 0 aliphatic heterocycles. The lowest BCUT2D eigenvalue weighted by molar-refractivity contribution is -0.148. The van der Waals surface area contributed by atoms with E-state index in [1.807, 2.05) is 0 Å². The Balaban J connectivity index is 3.50. The molecule has 0 aliphatic carbocycles. The zero-order chi connectivity index (χ0) is 15.4. The first-order valence-corrected chi connectivity index (χ1v) is 7.99. The van der Waals surface area contributed by atoms with Gasteiger partial charge in [-0.05, 0) is 13.3 Å². The van der Waals surface area contributed by atoms with Crippen LogP contribution < -0.4 is 0 Å². The predicted molar refractivity (Wildman–Crippen MR) is 81.7 cm³/mol. The molecule has 4 nitrogen and oxygen atoms in total. The maximum Gasteiger partial charge on any atom is 0.326 e. The maximum atomic E-state index is 11.8. The fourth-order valence-corrected chi connectivity index (χ4v) is 2.14. The van der Waals surface area contributed by atoms with Crippen LogP contribution in [0.5, 0.6) is 0 Å². The first kappa shape index (κ1) is 18.9. The number of likely N-dealkylation sites (N-methyl/N-ethyl adjacent to an activating group) is 1. The summed E-state index contributed by atoms with van der Waals surface area (Å²) in [4.78, 5) is 23.9. The van der Waals surface area contributed by atoms with Crippen LogP contribution in [0.1, 0.15) is 78.1 Å². The van der Waals surface area contributed by atoms with Crippen molar-refractivity contribution in [1.29, 1.82) is 0 Å². The van der Waals surface area contributed by atoms with Gasteiger partial charge in [-0.2, -0.15) is 0 Å². The van der Waals surface area contributed by atoms with Crippen molar-refractivity contribution in [3.8, 4) is 0 Å². The van der Waals surface area contributed by atoms with Crippen molar-refractivity contribution >= 4 is 11.9 Å². The van der Waals surface area contributed by atoms with Gasteiger partial charge in [0.25, 0.3) is 0 Å². The topological polar surface area (TPSA) is 57.6 Å². The van der Waals surface area contributed by atoms with Gasteiger partial charge in [0, 0.05) is 13.5 Å². The van der Waals surface area contributed by atoms with E-state index >= 15 is 0 Å². The molecule has 0 heterocycles. The summed E-state index contributed by atoms with van der Waals surface area (Å²) in [6.45, 7) is 3.76. The van der Waals surface area contributed by atoms with Crippen LogP contribution in [0, 0.1) is 0 Å². The van der Waals surface area contributed by atoms with Crippen LogP contribution in [-0.2, 0) is 9.59 Å². The Morgan fingerprint density at radius 1 is 0.950 bits per heavy atom. The van der Waals surface area contributed by atoms with E-state index in [1.54, 1.807) is 7.05 Å². The van der Waals surface area contributed by atoms with Crippen LogP contribution in [0.3, 0.4) is 0 Å². The third-order valence-electron chi connectivity index (χ3n) is 3.83. The first-order valence-electron chi connectivity index (χ1n) is 7.99. The lowest BCUT2D eigenvalue weighted by Gasteiger charge is -2.21. The van der Waals surface area contributed by atoms with E-state index in [0.717, 1.165) is 12.8 Å². The lowest BCUT2D eigenvalue weighted by atomic mass is 10.1. The van der Waals surface area contributed by atoms with Crippen LogP contribution in [0.4, 0.5) is 0 Å². The van der Waals surface area contributed by atoms with Crippen molar-refractivity contribution in [2.24, 2.45) is 0 Å². The molecule has 20 heavy (non-hydrogen) atoms. The Morgan fingerprint density at radius 2 is 1.40 bits per heavy atom. The number of hydrogen-bond acceptors (Lipinski definition) is 2. The van der Waals surface area contributed by atoms with Gasteiger partial charge in [0.1, 0.15) is 6.04 Å². The van der Waals surface area contributed by atoms with Crippen LogP contribution in [-0.4, -0.2) is 35.0 Å². The summed E-state index contributed by atoms with van der Waals surface area (Å²) in [7, 11) is 1.56. The quantitative estimate of drug-likeness (QED) is 0.554. The van der Waals surface area contributed by atoms with Gasteiger partial charge in [0.2, 0.25) is 5.91 Å². The minimum absolute atomic E-state index is 0.0668. The Bertz CT molecular complexity index is 279. The van der Waals surface area contributed by atoms with E-state index in [-0.39, 0.29) is 5.91 Å². The first-order chi connectivity index (χ1) is 9.50. The SMILES string of the molecule is CCCCCCCCCCCC(=O)N(C)C(C)C(=O)O. The molecule has 0 spiro atoms. The van der Waals surface area contributed by atoms with E-state index in [2.05, 4.69) is 6.92 Å². The van der Waals surface area contributed by atoms with Gasteiger partial charge in [-0.1, -0.05) is 58.3 Å². The number of carboxylic acids is 1. The maximum absolute atomic E-state index is 11.8. The molecular weight excluding hydrogens is 254 g/mol. The van der Waals surface area contributed by atoms with Gasteiger partial charge >= 0.3 is 5.97 Å². The molecule has 0 saturated carbocycles. The highest BCUT2D eigenvalue weighted by Crippen LogP contribution is 2.11. The van der Waals surface area contributed by atoms with Crippen LogP contribution in [0.15, 0.2) is 0 Å². The monoisotopic (exact) mass is 285 g/mol. The van der Waals surface area contributed by atoms with Crippen molar-refractivity contribution in [3.63, 3.8) is 0 Å². The summed E-state index contributed by atoms with van der Waals surface area (Å²) in [6.07, 6.45) is 11.4. The molecule has 0 aromatic carbocycles. The number of rotatable bonds is 12. The summed E-state index contributed by atoms with van der Waals surface area (Å²) in [5.74, 6) is -1.02. The summed E-state index contributed by atoms with van der Waals surface area (Å²) < 4.78 is 0. The highest BCUT2D eigenvalue weighted by atomic mass is 16.4. The second-order valence-corrected chi connectivity index (χ2v) is 5.60. The summed E-state index contributed by atoms with van der Waals surface area (Å²) in [6, 6.07) is -0.735. The second-order valence-electron chi connectivity index (χ2n) is 5.60. The molecule has 1 N–H and O–H groups in total. The van der Waals surface area contributed by atoms with E-state index in [0.29, 0.717) is 6.42 Å². The van der Waals surface area contributed by atoms with E-state index in [4.69, 9.17) is 5.11 Å². The predicted octanol–water partition coefficient (Wildman–Crippen LogP) is 3.84. The van der Waals surface area contributed by atoms with Gasteiger partial charge in [-0.15, -0.1) is 0 Å². The van der Waals surface area contributed by atoms with Crippen LogP contribution in [0.25, 0.3) is 0 Å². The summed E-state index contributed by atoms with van der Waals surface area (Å²) in [5, 5.41) is 8.84. The molecule has 0 aromatic rings. The van der Waals surface area contributed by atoms with E-state index in [1.165, 1.54) is 56.8 Å². The Kier molecular flexibility index (Phi) is 11.1. The van der Waals surface area contributed by atoms with Gasteiger partial charge in [-0.3, -0.25) is 4.79 Å². The number of amides is 1. The van der Waals surface area contributed by atoms with E-state index in [9.17, 15) is 9.59 Å². The number of nitrogens with zero attached hydrogens (tertiary/aromatic N) is 1. The van der Waals surface area contributed by atoms with Crippen molar-refractivity contribution in [1.82, 2.24) is 4.90 Å². The minimum atomic E-state index is -0.951. The number of carbonyl (C=O) groups is 2. The standard InChI is InChI=1S/C16H31NO3/c1-4-5-6-7-8-9-10-11-12-13-15(18)17(3)14(2)16(19)20/h14H,4-13H2,1-3H3,(H,19,20). The average Bonchev–Trinajstić information content (AvgIpc) is 2.43. The van der Waals surface area contributed by atoms with Crippen molar-refractivity contribution < 1.29 is 14.7 Å². The zero-order valence-electron chi connectivity index (χ0n) is 13.4. The molecule has 118 valence electrons. The molecule has 4 heteroatoms. The Hall–Kier alpha value is -1.06. The van der Waals surface area contributed by atoms with Crippen molar-refractivity contribution in [2.45, 2.75) is 84.1 Å². The van der Waals surface area contributed by atoms with Crippen LogP contribution >= 0.6 is 0 Å². The summed E-state index contributed by atoms with van der Waals surface area (Å²) >= 11 is 0. The Morgan fingerprint density at radius 3 is 1.85 bits per heavy atom. The number of carboxylic acid groups (broad SMARTS) is 1. The fraction of sp³-hybridized carbons (Fsp3) is 0.875. The molecule has 0 rings (SSSR count). The van der Waals surface area contributed by atoms with Gasteiger partial charge < -0.3 is 10.0 Å². The minimum Gasteiger partial charge on any atom is -0.480 e. The molecule has 0 fully saturated rings. The third-order valence-corrected chi connectivity index (χ3v) is 3.83. The molecule has 0 saturated heterocycles. The molecule has 1 amide bonds. The fourth-order valence-electron chi connectivity index (χ4n) is 2.14. The number of carbonyl (C=O) groups excluding carboxylic acids is 1. The molecular formula is C16H31NO3. The van der Waals surface area contributed by atoms with Crippen LogP contribution in [0.2, 0.25) is 0 Å². The number of hydrogen-bond donors (Lipinski definition) is 1. The highest BCUT2D eigenvalue weighted by Gasteiger charge is 2.20. The number of aliphatic carboxylic acids is 1. The van der Waals surface area contributed by atoms with Crippen molar-refractivity contribution in [3.05, 3.63) is 0 Å². The zero-order valence-corrected chi connectivity index (χ0v) is 13.4. The third kappa shape index (κ3) is 8.94. The molecule has 0 aliphatic rings. The molecule has 1 unspecified atom stereocenters. The largest absolute Gasteiger partial charge is 0.480 e. The normalized spacial score (nSPS) is 12.2. The molecule has 0 bridgehead atoms. The highest BCUT2D eigenvalue weighted by molar-refractivity contribution is 5.83. The van der Waals surface area contributed by atoms with Gasteiger partial charge in [0.15, 0.2) is 0 Å². The lowest BCUT2D eigenvalue weighted by Crippen LogP contribution is -2.40.